The first-order valence-electron chi connectivity index (χ1n) is 5.13. The van der Waals surface area contributed by atoms with Crippen LogP contribution in [0, 0.1) is 6.92 Å². The Morgan fingerprint density at radius 3 is 3.20 bits per heavy atom. The van der Waals surface area contributed by atoms with Gasteiger partial charge in [-0.1, -0.05) is 18.7 Å². The van der Waals surface area contributed by atoms with Crippen molar-refractivity contribution in [1.82, 2.24) is 10.3 Å². The van der Waals surface area contributed by atoms with E-state index in [0.29, 0.717) is 18.5 Å². The number of nitrogens with zero attached hydrogens (tertiary/aromatic N) is 2. The van der Waals surface area contributed by atoms with E-state index < -0.39 is 0 Å². The van der Waals surface area contributed by atoms with E-state index in [1.807, 2.05) is 6.92 Å². The van der Waals surface area contributed by atoms with Crippen molar-refractivity contribution in [2.24, 2.45) is 4.99 Å². The van der Waals surface area contributed by atoms with E-state index in [9.17, 15) is 0 Å². The number of hydrogen-bond acceptors (Lipinski definition) is 4. The number of nitrogens with one attached hydrogen (secondary N) is 1. The van der Waals surface area contributed by atoms with E-state index in [2.05, 4.69) is 22.2 Å². The molecule has 2 heterocycles. The highest BCUT2D eigenvalue weighted by atomic mass is 32.2. The van der Waals surface area contributed by atoms with Crippen LogP contribution in [0.25, 0.3) is 0 Å². The van der Waals surface area contributed by atoms with Gasteiger partial charge in [0.2, 0.25) is 5.89 Å². The fraction of sp³-hybridized carbons (Fsp3) is 0.600. The maximum absolute atomic E-state index is 5.34. The number of aliphatic imine (C=N–C) groups is 1. The van der Waals surface area contributed by atoms with Crippen molar-refractivity contribution in [3.05, 3.63) is 17.8 Å². The molecule has 0 amide bonds. The minimum Gasteiger partial charge on any atom is -0.444 e. The van der Waals surface area contributed by atoms with Gasteiger partial charge in [0.25, 0.3) is 0 Å². The molecule has 1 aliphatic rings. The Balaban J connectivity index is 1.89. The normalized spacial score (nSPS) is 23.3. The van der Waals surface area contributed by atoms with Crippen LogP contribution in [0.4, 0.5) is 0 Å². The summed E-state index contributed by atoms with van der Waals surface area (Å²) in [5, 5.41) is 4.37. The van der Waals surface area contributed by atoms with Crippen molar-refractivity contribution in [2.45, 2.75) is 32.9 Å². The van der Waals surface area contributed by atoms with Crippen LogP contribution in [-0.2, 0) is 6.54 Å². The molecule has 1 aromatic rings. The molecular formula is C10H15N3OS. The van der Waals surface area contributed by atoms with Gasteiger partial charge in [-0.25, -0.2) is 4.98 Å². The molecule has 1 fully saturated rings. The van der Waals surface area contributed by atoms with Crippen LogP contribution >= 0.6 is 11.8 Å². The summed E-state index contributed by atoms with van der Waals surface area (Å²) in [5.74, 6) is 2.63. The predicted molar refractivity (Wildman–Crippen MR) is 62.1 cm³/mol. The number of thioether (sulfide) groups is 1. The van der Waals surface area contributed by atoms with Crippen molar-refractivity contribution in [3.8, 4) is 0 Å². The summed E-state index contributed by atoms with van der Waals surface area (Å²) in [6, 6.07) is 0.569. The van der Waals surface area contributed by atoms with E-state index in [1.165, 1.54) is 0 Å². The van der Waals surface area contributed by atoms with Crippen LogP contribution < -0.4 is 5.32 Å². The number of aryl methyl sites for hydroxylation is 1. The lowest BCUT2D eigenvalue weighted by atomic mass is 10.3. The predicted octanol–water partition coefficient (Wildman–Crippen LogP) is 1.95. The molecule has 1 unspecified atom stereocenters. The average Bonchev–Trinajstić information content (AvgIpc) is 2.83. The second-order valence-corrected chi connectivity index (χ2v) is 4.56. The van der Waals surface area contributed by atoms with Gasteiger partial charge in [0.1, 0.15) is 12.3 Å². The molecule has 1 saturated heterocycles. The largest absolute Gasteiger partial charge is 0.444 e. The number of oxazole rings is 1. The van der Waals surface area contributed by atoms with Gasteiger partial charge in [-0.05, 0) is 13.3 Å². The SMILES string of the molecule is CCC1CSC(=NCc2ncc(C)o2)N1. The molecule has 0 bridgehead atoms. The summed E-state index contributed by atoms with van der Waals surface area (Å²) in [7, 11) is 0. The summed E-state index contributed by atoms with van der Waals surface area (Å²) in [6.07, 6.45) is 2.86. The third kappa shape index (κ3) is 2.75. The van der Waals surface area contributed by atoms with Crippen molar-refractivity contribution >= 4 is 16.9 Å². The monoisotopic (exact) mass is 225 g/mol. The molecule has 1 N–H and O–H groups in total. The average molecular weight is 225 g/mol. The third-order valence-corrected chi connectivity index (χ3v) is 3.36. The Bertz CT molecular complexity index is 361. The highest BCUT2D eigenvalue weighted by Crippen LogP contribution is 2.16. The van der Waals surface area contributed by atoms with Gasteiger partial charge in [-0.3, -0.25) is 4.99 Å². The number of rotatable bonds is 3. The van der Waals surface area contributed by atoms with Crippen LogP contribution in [0.3, 0.4) is 0 Å². The zero-order valence-corrected chi connectivity index (χ0v) is 9.80. The molecule has 0 radical (unpaired) electrons. The molecular weight excluding hydrogens is 210 g/mol. The molecule has 5 heteroatoms. The van der Waals surface area contributed by atoms with Crippen LogP contribution in [0.2, 0.25) is 0 Å². The lowest BCUT2D eigenvalue weighted by molar-refractivity contribution is 0.474. The Morgan fingerprint density at radius 1 is 1.73 bits per heavy atom. The zero-order valence-electron chi connectivity index (χ0n) is 8.99. The van der Waals surface area contributed by atoms with Gasteiger partial charge in [-0.15, -0.1) is 0 Å². The number of aromatic nitrogens is 1. The first kappa shape index (κ1) is 10.5. The molecule has 82 valence electrons. The van der Waals surface area contributed by atoms with Crippen molar-refractivity contribution in [1.29, 1.82) is 0 Å². The molecule has 2 rings (SSSR count). The van der Waals surface area contributed by atoms with E-state index in [4.69, 9.17) is 4.42 Å². The standard InChI is InChI=1S/C10H15N3OS/c1-3-8-6-15-10(13-8)12-5-9-11-4-7(2)14-9/h4,8H,3,5-6H2,1-2H3,(H,12,13). The van der Waals surface area contributed by atoms with Gasteiger partial charge < -0.3 is 9.73 Å². The first-order chi connectivity index (χ1) is 7.28. The van der Waals surface area contributed by atoms with Gasteiger partial charge in [0.05, 0.1) is 6.20 Å². The smallest absolute Gasteiger partial charge is 0.216 e. The van der Waals surface area contributed by atoms with Crippen molar-refractivity contribution in [2.75, 3.05) is 5.75 Å². The molecule has 15 heavy (non-hydrogen) atoms. The number of hydrogen-bond donors (Lipinski definition) is 1. The molecule has 1 atom stereocenters. The summed E-state index contributed by atoms with van der Waals surface area (Å²) in [4.78, 5) is 8.52. The maximum atomic E-state index is 5.34. The molecule has 1 aliphatic heterocycles. The fourth-order valence-corrected chi connectivity index (χ4v) is 2.45. The molecule has 0 saturated carbocycles. The highest BCUT2D eigenvalue weighted by molar-refractivity contribution is 8.14. The van der Waals surface area contributed by atoms with E-state index in [-0.39, 0.29) is 0 Å². The first-order valence-corrected chi connectivity index (χ1v) is 6.11. The quantitative estimate of drug-likeness (QED) is 0.854. The highest BCUT2D eigenvalue weighted by Gasteiger charge is 2.17. The maximum Gasteiger partial charge on any atom is 0.216 e. The second-order valence-electron chi connectivity index (χ2n) is 3.55. The minimum absolute atomic E-state index is 0.527. The van der Waals surface area contributed by atoms with Gasteiger partial charge in [0, 0.05) is 11.8 Å². The fourth-order valence-electron chi connectivity index (χ4n) is 1.36. The van der Waals surface area contributed by atoms with E-state index in [0.717, 1.165) is 23.1 Å². The lowest BCUT2D eigenvalue weighted by Crippen LogP contribution is -2.25. The Labute approximate surface area is 93.6 Å². The molecule has 0 aliphatic carbocycles. The van der Waals surface area contributed by atoms with Gasteiger partial charge in [0.15, 0.2) is 5.17 Å². The Kier molecular flexibility index (Phi) is 3.30. The number of amidine groups is 1. The molecule has 0 aromatic carbocycles. The minimum atomic E-state index is 0.527. The summed E-state index contributed by atoms with van der Waals surface area (Å²) >= 11 is 1.77. The van der Waals surface area contributed by atoms with Gasteiger partial charge >= 0.3 is 0 Å². The van der Waals surface area contributed by atoms with Crippen molar-refractivity contribution < 1.29 is 4.42 Å². The second kappa shape index (κ2) is 4.70. The lowest BCUT2D eigenvalue weighted by Gasteiger charge is -2.03. The summed E-state index contributed by atoms with van der Waals surface area (Å²) < 4.78 is 5.34. The topological polar surface area (TPSA) is 50.4 Å². The zero-order chi connectivity index (χ0) is 10.7. The van der Waals surface area contributed by atoms with E-state index in [1.54, 1.807) is 18.0 Å². The Morgan fingerprint density at radius 2 is 2.60 bits per heavy atom. The third-order valence-electron chi connectivity index (χ3n) is 2.27. The molecule has 4 nitrogen and oxygen atoms in total. The van der Waals surface area contributed by atoms with E-state index >= 15 is 0 Å². The molecule has 0 spiro atoms. The van der Waals surface area contributed by atoms with Crippen LogP contribution in [-0.4, -0.2) is 21.9 Å². The van der Waals surface area contributed by atoms with Crippen LogP contribution in [0.15, 0.2) is 15.6 Å². The Hall–Kier alpha value is -0.970. The van der Waals surface area contributed by atoms with Gasteiger partial charge in [-0.2, -0.15) is 0 Å². The van der Waals surface area contributed by atoms with Crippen LogP contribution in [0.5, 0.6) is 0 Å². The summed E-state index contributed by atoms with van der Waals surface area (Å²) in [6.45, 7) is 4.59. The van der Waals surface area contributed by atoms with Crippen LogP contribution in [0.1, 0.15) is 25.0 Å². The molecule has 1 aromatic heterocycles. The van der Waals surface area contributed by atoms with Crippen molar-refractivity contribution in [3.63, 3.8) is 0 Å². The summed E-state index contributed by atoms with van der Waals surface area (Å²) in [5.41, 5.74) is 0.